The van der Waals surface area contributed by atoms with Crippen LogP contribution in [0.4, 0.5) is 0 Å². The van der Waals surface area contributed by atoms with E-state index in [1.165, 1.54) is 11.1 Å². The monoisotopic (exact) mass is 220 g/mol. The fourth-order valence-corrected chi connectivity index (χ4v) is 2.03. The van der Waals surface area contributed by atoms with Gasteiger partial charge in [-0.15, -0.1) is 0 Å². The number of hydrogen-bond acceptors (Lipinski definition) is 1. The van der Waals surface area contributed by atoms with Crippen molar-refractivity contribution in [2.75, 3.05) is 7.11 Å². The van der Waals surface area contributed by atoms with E-state index < -0.39 is 0 Å². The molecule has 90 valence electrons. The molecule has 0 saturated heterocycles. The number of methoxy groups -OCH3 is 1. The van der Waals surface area contributed by atoms with Gasteiger partial charge in [0, 0.05) is 0 Å². The van der Waals surface area contributed by atoms with Crippen molar-refractivity contribution >= 4 is 0 Å². The van der Waals surface area contributed by atoms with E-state index in [9.17, 15) is 0 Å². The molecule has 0 aliphatic carbocycles. The van der Waals surface area contributed by atoms with Gasteiger partial charge in [0.15, 0.2) is 0 Å². The largest absolute Gasteiger partial charge is 0.496 e. The van der Waals surface area contributed by atoms with Crippen LogP contribution in [0.15, 0.2) is 18.2 Å². The van der Waals surface area contributed by atoms with Crippen LogP contribution in [0.2, 0.25) is 0 Å². The number of rotatable bonds is 5. The molecule has 0 amide bonds. The first-order valence-electron chi connectivity index (χ1n) is 6.32. The van der Waals surface area contributed by atoms with Crippen molar-refractivity contribution < 1.29 is 4.74 Å². The first-order valence-corrected chi connectivity index (χ1v) is 6.32. The minimum atomic E-state index is 0.568. The van der Waals surface area contributed by atoms with Crippen molar-refractivity contribution in [2.45, 2.75) is 52.4 Å². The van der Waals surface area contributed by atoms with Crippen molar-refractivity contribution in [3.05, 3.63) is 29.3 Å². The molecule has 0 spiro atoms. The Balaban J connectivity index is 3.20. The second kappa shape index (κ2) is 5.93. The highest BCUT2D eigenvalue weighted by Crippen LogP contribution is 2.36. The van der Waals surface area contributed by atoms with Crippen molar-refractivity contribution in [3.63, 3.8) is 0 Å². The predicted octanol–water partition coefficient (Wildman–Crippen LogP) is 4.72. The van der Waals surface area contributed by atoms with Crippen molar-refractivity contribution in [1.82, 2.24) is 0 Å². The van der Waals surface area contributed by atoms with E-state index in [0.29, 0.717) is 11.8 Å². The van der Waals surface area contributed by atoms with Crippen LogP contribution in [-0.2, 0) is 0 Å². The topological polar surface area (TPSA) is 9.23 Å². The van der Waals surface area contributed by atoms with Crippen LogP contribution in [0, 0.1) is 0 Å². The van der Waals surface area contributed by atoms with Crippen molar-refractivity contribution in [2.24, 2.45) is 0 Å². The van der Waals surface area contributed by atoms with E-state index in [1.54, 1.807) is 7.11 Å². The summed E-state index contributed by atoms with van der Waals surface area (Å²) in [5, 5.41) is 0. The molecule has 0 aliphatic heterocycles. The molecule has 0 N–H and O–H groups in total. The highest BCUT2D eigenvalue weighted by Gasteiger charge is 2.16. The Labute approximate surface area is 99.8 Å². The third kappa shape index (κ3) is 2.58. The molecular formula is C15H24O. The maximum atomic E-state index is 5.62. The van der Waals surface area contributed by atoms with Crippen molar-refractivity contribution in [3.8, 4) is 5.75 Å². The van der Waals surface area contributed by atoms with Gasteiger partial charge >= 0.3 is 0 Å². The minimum absolute atomic E-state index is 0.568. The molecule has 0 aliphatic rings. The molecule has 0 radical (unpaired) electrons. The summed E-state index contributed by atoms with van der Waals surface area (Å²) in [5.74, 6) is 2.24. The average Bonchev–Trinajstić information content (AvgIpc) is 2.35. The molecule has 1 heteroatoms. The minimum Gasteiger partial charge on any atom is -0.496 e. The number of hydrogen-bond donors (Lipinski definition) is 0. The first-order chi connectivity index (χ1) is 7.65. The molecule has 0 bridgehead atoms. The Morgan fingerprint density at radius 3 is 1.75 bits per heavy atom. The lowest BCUT2D eigenvalue weighted by Gasteiger charge is -2.20. The summed E-state index contributed by atoms with van der Waals surface area (Å²) in [7, 11) is 1.78. The molecule has 0 fully saturated rings. The van der Waals surface area contributed by atoms with E-state index in [4.69, 9.17) is 4.74 Å². The highest BCUT2D eigenvalue weighted by atomic mass is 16.5. The maximum absolute atomic E-state index is 5.62. The SMILES string of the molecule is CC[C@@H](C)c1cccc([C@H](C)CC)c1OC. The molecular weight excluding hydrogens is 196 g/mol. The zero-order chi connectivity index (χ0) is 12.1. The summed E-state index contributed by atoms with van der Waals surface area (Å²) in [4.78, 5) is 0. The van der Waals surface area contributed by atoms with Crippen LogP contribution >= 0.6 is 0 Å². The third-order valence-corrected chi connectivity index (χ3v) is 3.57. The zero-order valence-corrected chi connectivity index (χ0v) is 11.2. The van der Waals surface area contributed by atoms with Gasteiger partial charge in [0.2, 0.25) is 0 Å². The number of benzene rings is 1. The Hall–Kier alpha value is -0.980. The molecule has 16 heavy (non-hydrogen) atoms. The Morgan fingerprint density at radius 1 is 1.00 bits per heavy atom. The van der Waals surface area contributed by atoms with Crippen LogP contribution in [0.5, 0.6) is 5.75 Å². The average molecular weight is 220 g/mol. The Morgan fingerprint density at radius 2 is 1.44 bits per heavy atom. The molecule has 0 saturated carbocycles. The second-order valence-electron chi connectivity index (χ2n) is 4.59. The normalized spacial score (nSPS) is 14.6. The van der Waals surface area contributed by atoms with Gasteiger partial charge in [0.1, 0.15) is 5.75 Å². The molecule has 0 unspecified atom stereocenters. The maximum Gasteiger partial charge on any atom is 0.125 e. The number of ether oxygens (including phenoxy) is 1. The molecule has 1 aromatic carbocycles. The van der Waals surface area contributed by atoms with Gasteiger partial charge < -0.3 is 4.74 Å². The zero-order valence-electron chi connectivity index (χ0n) is 11.2. The summed E-state index contributed by atoms with van der Waals surface area (Å²) in [5.41, 5.74) is 2.70. The van der Waals surface area contributed by atoms with Crippen LogP contribution in [0.1, 0.15) is 63.5 Å². The lowest BCUT2D eigenvalue weighted by Crippen LogP contribution is -2.02. The molecule has 1 rings (SSSR count). The number of para-hydroxylation sites is 1. The lowest BCUT2D eigenvalue weighted by molar-refractivity contribution is 0.397. The van der Waals surface area contributed by atoms with Crippen LogP contribution < -0.4 is 4.74 Å². The summed E-state index contributed by atoms with van der Waals surface area (Å²) in [6, 6.07) is 6.54. The summed E-state index contributed by atoms with van der Waals surface area (Å²) < 4.78 is 5.62. The first kappa shape index (κ1) is 13.1. The molecule has 2 atom stereocenters. The highest BCUT2D eigenvalue weighted by molar-refractivity contribution is 5.45. The van der Waals surface area contributed by atoms with Crippen LogP contribution in [-0.4, -0.2) is 7.11 Å². The van der Waals surface area contributed by atoms with Gasteiger partial charge in [-0.05, 0) is 35.8 Å². The van der Waals surface area contributed by atoms with E-state index in [-0.39, 0.29) is 0 Å². The van der Waals surface area contributed by atoms with Gasteiger partial charge in [0.05, 0.1) is 7.11 Å². The molecule has 0 heterocycles. The van der Waals surface area contributed by atoms with E-state index in [2.05, 4.69) is 45.9 Å². The quantitative estimate of drug-likeness (QED) is 0.697. The lowest BCUT2D eigenvalue weighted by atomic mass is 9.90. The van der Waals surface area contributed by atoms with E-state index in [1.807, 2.05) is 0 Å². The molecule has 1 aromatic rings. The van der Waals surface area contributed by atoms with Crippen molar-refractivity contribution in [1.29, 1.82) is 0 Å². The van der Waals surface area contributed by atoms with Crippen LogP contribution in [0.3, 0.4) is 0 Å². The standard InChI is InChI=1S/C15H24O/c1-6-11(3)13-9-8-10-14(12(4)7-2)15(13)16-5/h8-12H,6-7H2,1-5H3/t11-,12-/m1/s1. The Bertz CT molecular complexity index is 302. The van der Waals surface area contributed by atoms with Gasteiger partial charge in [-0.2, -0.15) is 0 Å². The van der Waals surface area contributed by atoms with Gasteiger partial charge in [0.25, 0.3) is 0 Å². The fraction of sp³-hybridized carbons (Fsp3) is 0.600. The van der Waals surface area contributed by atoms with Gasteiger partial charge in [-0.25, -0.2) is 0 Å². The second-order valence-corrected chi connectivity index (χ2v) is 4.59. The smallest absolute Gasteiger partial charge is 0.125 e. The van der Waals surface area contributed by atoms with E-state index in [0.717, 1.165) is 18.6 Å². The summed E-state index contributed by atoms with van der Waals surface area (Å²) in [6.07, 6.45) is 2.31. The van der Waals surface area contributed by atoms with Gasteiger partial charge in [-0.1, -0.05) is 45.9 Å². The molecule has 1 nitrogen and oxygen atoms in total. The fourth-order valence-electron chi connectivity index (χ4n) is 2.03. The van der Waals surface area contributed by atoms with Crippen LogP contribution in [0.25, 0.3) is 0 Å². The Kier molecular flexibility index (Phi) is 4.85. The van der Waals surface area contributed by atoms with E-state index >= 15 is 0 Å². The predicted molar refractivity (Wildman–Crippen MR) is 70.4 cm³/mol. The van der Waals surface area contributed by atoms with Gasteiger partial charge in [-0.3, -0.25) is 0 Å². The summed E-state index contributed by atoms with van der Waals surface area (Å²) >= 11 is 0. The summed E-state index contributed by atoms with van der Waals surface area (Å²) in [6.45, 7) is 8.97. The molecule has 0 aromatic heterocycles. The third-order valence-electron chi connectivity index (χ3n) is 3.57.